The molecule has 0 radical (unpaired) electrons. The van der Waals surface area contributed by atoms with Gasteiger partial charge in [0.05, 0.1) is 5.56 Å². The van der Waals surface area contributed by atoms with Crippen LogP contribution >= 0.6 is 0 Å². The molecule has 0 bridgehead atoms. The maximum absolute atomic E-state index is 12.8. The molecule has 0 amide bonds. The standard InChI is InChI=1S/C12H14F3N/c1-7-6-8(2)16-10-5-3-4-9(11(7)10)12(13,14)15/h3-5,7-8,16H,6H2,1-2H3. The Hall–Kier alpha value is -1.19. The molecule has 1 N–H and O–H groups in total. The first-order chi connectivity index (χ1) is 7.39. The van der Waals surface area contributed by atoms with Crippen molar-refractivity contribution in [2.45, 2.75) is 38.4 Å². The summed E-state index contributed by atoms with van der Waals surface area (Å²) in [6, 6.07) is 4.56. The highest BCUT2D eigenvalue weighted by atomic mass is 19.4. The molecule has 16 heavy (non-hydrogen) atoms. The zero-order valence-electron chi connectivity index (χ0n) is 9.23. The molecular weight excluding hydrogens is 215 g/mol. The Morgan fingerprint density at radius 3 is 2.56 bits per heavy atom. The second-order valence-electron chi connectivity index (χ2n) is 4.45. The van der Waals surface area contributed by atoms with Crippen LogP contribution in [0.3, 0.4) is 0 Å². The molecule has 1 aromatic carbocycles. The van der Waals surface area contributed by atoms with Gasteiger partial charge in [-0.2, -0.15) is 13.2 Å². The predicted octanol–water partition coefficient (Wildman–Crippen LogP) is 4.01. The second-order valence-corrected chi connectivity index (χ2v) is 4.45. The van der Waals surface area contributed by atoms with Crippen LogP contribution in [0.2, 0.25) is 0 Å². The number of benzene rings is 1. The molecule has 0 spiro atoms. The highest BCUT2D eigenvalue weighted by Gasteiger charge is 2.37. The Morgan fingerprint density at radius 2 is 1.94 bits per heavy atom. The summed E-state index contributed by atoms with van der Waals surface area (Å²) in [5.74, 6) is -0.0518. The Labute approximate surface area is 92.7 Å². The lowest BCUT2D eigenvalue weighted by molar-refractivity contribution is -0.138. The molecule has 0 fully saturated rings. The van der Waals surface area contributed by atoms with Gasteiger partial charge in [-0.25, -0.2) is 0 Å². The van der Waals surface area contributed by atoms with Gasteiger partial charge in [0, 0.05) is 11.7 Å². The molecule has 0 saturated carbocycles. The topological polar surface area (TPSA) is 12.0 Å². The number of fused-ring (bicyclic) bond motifs is 1. The number of anilines is 1. The summed E-state index contributed by atoms with van der Waals surface area (Å²) < 4.78 is 38.5. The van der Waals surface area contributed by atoms with E-state index in [9.17, 15) is 13.2 Å². The van der Waals surface area contributed by atoms with E-state index < -0.39 is 11.7 Å². The number of halogens is 3. The van der Waals surface area contributed by atoms with Gasteiger partial charge in [0.15, 0.2) is 0 Å². The fraction of sp³-hybridized carbons (Fsp3) is 0.500. The van der Waals surface area contributed by atoms with E-state index in [4.69, 9.17) is 0 Å². The summed E-state index contributed by atoms with van der Waals surface area (Å²) in [5, 5.41) is 3.10. The third kappa shape index (κ3) is 1.88. The van der Waals surface area contributed by atoms with Crippen molar-refractivity contribution in [1.29, 1.82) is 0 Å². The SMILES string of the molecule is CC1CC(C)c2c(cccc2C(F)(F)F)N1. The van der Waals surface area contributed by atoms with Crippen molar-refractivity contribution >= 4 is 5.69 Å². The Balaban J connectivity index is 2.55. The van der Waals surface area contributed by atoms with Gasteiger partial charge in [0.25, 0.3) is 0 Å². The van der Waals surface area contributed by atoms with Gasteiger partial charge in [-0.05, 0) is 37.0 Å². The minimum atomic E-state index is -4.26. The second kappa shape index (κ2) is 3.68. The van der Waals surface area contributed by atoms with Crippen molar-refractivity contribution in [1.82, 2.24) is 0 Å². The molecule has 2 rings (SSSR count). The first kappa shape index (κ1) is 11.3. The summed E-state index contributed by atoms with van der Waals surface area (Å²) in [6.07, 6.45) is -3.53. The van der Waals surface area contributed by atoms with E-state index in [1.54, 1.807) is 6.07 Å². The fourth-order valence-electron chi connectivity index (χ4n) is 2.44. The Bertz CT molecular complexity index is 398. The predicted molar refractivity (Wildman–Crippen MR) is 57.6 cm³/mol. The Morgan fingerprint density at radius 1 is 1.25 bits per heavy atom. The first-order valence-electron chi connectivity index (χ1n) is 5.36. The normalized spacial score (nSPS) is 24.8. The molecule has 1 aromatic rings. The number of hydrogen-bond acceptors (Lipinski definition) is 1. The van der Waals surface area contributed by atoms with E-state index in [-0.39, 0.29) is 12.0 Å². The van der Waals surface area contributed by atoms with Crippen molar-refractivity contribution in [3.05, 3.63) is 29.3 Å². The van der Waals surface area contributed by atoms with Gasteiger partial charge in [-0.1, -0.05) is 13.0 Å². The van der Waals surface area contributed by atoms with Crippen LogP contribution in [-0.2, 0) is 6.18 Å². The van der Waals surface area contributed by atoms with Crippen molar-refractivity contribution < 1.29 is 13.2 Å². The zero-order chi connectivity index (χ0) is 11.9. The number of hydrogen-bond donors (Lipinski definition) is 1. The maximum atomic E-state index is 12.8. The minimum absolute atomic E-state index is 0.0518. The molecule has 0 aliphatic carbocycles. The monoisotopic (exact) mass is 229 g/mol. The summed E-state index contributed by atoms with van der Waals surface area (Å²) >= 11 is 0. The highest BCUT2D eigenvalue weighted by molar-refractivity contribution is 5.59. The average molecular weight is 229 g/mol. The summed E-state index contributed by atoms with van der Waals surface area (Å²) in [6.45, 7) is 3.84. The van der Waals surface area contributed by atoms with Crippen molar-refractivity contribution in [3.8, 4) is 0 Å². The average Bonchev–Trinajstić information content (AvgIpc) is 2.14. The van der Waals surface area contributed by atoms with Crippen LogP contribution < -0.4 is 5.32 Å². The summed E-state index contributed by atoms with van der Waals surface area (Å²) in [5.41, 5.74) is 0.533. The Kier molecular flexibility index (Phi) is 2.60. The van der Waals surface area contributed by atoms with Crippen molar-refractivity contribution in [2.24, 2.45) is 0 Å². The van der Waals surface area contributed by atoms with E-state index in [1.807, 2.05) is 13.8 Å². The fourth-order valence-corrected chi connectivity index (χ4v) is 2.44. The van der Waals surface area contributed by atoms with Crippen LogP contribution in [0.25, 0.3) is 0 Å². The lowest BCUT2D eigenvalue weighted by atomic mass is 9.85. The van der Waals surface area contributed by atoms with Gasteiger partial charge in [0.2, 0.25) is 0 Å². The van der Waals surface area contributed by atoms with Gasteiger partial charge < -0.3 is 5.32 Å². The minimum Gasteiger partial charge on any atom is -0.382 e. The zero-order valence-corrected chi connectivity index (χ0v) is 9.23. The quantitative estimate of drug-likeness (QED) is 0.708. The number of nitrogens with one attached hydrogen (secondary N) is 1. The lowest BCUT2D eigenvalue weighted by Crippen LogP contribution is -2.26. The van der Waals surface area contributed by atoms with E-state index in [0.29, 0.717) is 11.3 Å². The van der Waals surface area contributed by atoms with Crippen LogP contribution in [0, 0.1) is 0 Å². The van der Waals surface area contributed by atoms with Crippen molar-refractivity contribution in [3.63, 3.8) is 0 Å². The van der Waals surface area contributed by atoms with Crippen LogP contribution in [-0.4, -0.2) is 6.04 Å². The molecule has 1 aliphatic rings. The molecule has 1 heterocycles. The molecule has 2 atom stereocenters. The number of rotatable bonds is 0. The molecule has 2 unspecified atom stereocenters. The third-order valence-electron chi connectivity index (χ3n) is 3.01. The van der Waals surface area contributed by atoms with Gasteiger partial charge in [-0.3, -0.25) is 0 Å². The summed E-state index contributed by atoms with van der Waals surface area (Å²) in [7, 11) is 0. The van der Waals surface area contributed by atoms with E-state index >= 15 is 0 Å². The van der Waals surface area contributed by atoms with E-state index in [2.05, 4.69) is 5.32 Å². The molecule has 0 aromatic heterocycles. The van der Waals surface area contributed by atoms with Crippen LogP contribution in [0.1, 0.15) is 37.3 Å². The van der Waals surface area contributed by atoms with Crippen LogP contribution in [0.15, 0.2) is 18.2 Å². The highest BCUT2D eigenvalue weighted by Crippen LogP contribution is 2.42. The largest absolute Gasteiger partial charge is 0.416 e. The van der Waals surface area contributed by atoms with E-state index in [1.165, 1.54) is 6.07 Å². The molecular formula is C12H14F3N. The molecule has 1 aliphatic heterocycles. The molecule has 0 saturated heterocycles. The van der Waals surface area contributed by atoms with Gasteiger partial charge in [-0.15, -0.1) is 0 Å². The molecule has 88 valence electrons. The van der Waals surface area contributed by atoms with Gasteiger partial charge >= 0.3 is 6.18 Å². The first-order valence-corrected chi connectivity index (χ1v) is 5.36. The lowest BCUT2D eigenvalue weighted by Gasteiger charge is -2.31. The van der Waals surface area contributed by atoms with Gasteiger partial charge in [0.1, 0.15) is 0 Å². The van der Waals surface area contributed by atoms with Crippen LogP contribution in [0.4, 0.5) is 18.9 Å². The van der Waals surface area contributed by atoms with E-state index in [0.717, 1.165) is 12.5 Å². The molecule has 1 nitrogen and oxygen atoms in total. The number of alkyl halides is 3. The molecule has 4 heteroatoms. The maximum Gasteiger partial charge on any atom is 0.416 e. The third-order valence-corrected chi connectivity index (χ3v) is 3.01. The van der Waals surface area contributed by atoms with Crippen LogP contribution in [0.5, 0.6) is 0 Å². The van der Waals surface area contributed by atoms with Crippen molar-refractivity contribution in [2.75, 3.05) is 5.32 Å². The smallest absolute Gasteiger partial charge is 0.382 e. The summed E-state index contributed by atoms with van der Waals surface area (Å²) in [4.78, 5) is 0.